The Balaban J connectivity index is 2.96. The molecular weight excluding hydrogens is 308 g/mol. The molecule has 24 heavy (non-hydrogen) atoms. The number of hydrogen-bond acceptors (Lipinski definition) is 4. The van der Waals surface area contributed by atoms with Gasteiger partial charge in [-0.3, -0.25) is 9.59 Å². The van der Waals surface area contributed by atoms with Gasteiger partial charge in [0.2, 0.25) is 11.8 Å². The molecule has 0 radical (unpaired) electrons. The van der Waals surface area contributed by atoms with E-state index in [1.807, 2.05) is 27.7 Å². The van der Waals surface area contributed by atoms with E-state index in [0.717, 1.165) is 19.3 Å². The molecule has 1 fully saturated rings. The standard InChI is InChI=1S/C18H34N2O4/c1-12(2)14(10-21)19-16(23)18(8-6-5-7-9-18)17(24)20-15(11-22)13(3)4/h12-15,21-22H,5-11H2,1-4H3,(H,19,23)(H,20,24)/t14-,15-/m0/s1. The number of carbonyl (C=O) groups is 2. The molecule has 6 nitrogen and oxygen atoms in total. The summed E-state index contributed by atoms with van der Waals surface area (Å²) in [4.78, 5) is 25.9. The maximum Gasteiger partial charge on any atom is 0.236 e. The zero-order valence-corrected chi connectivity index (χ0v) is 15.5. The van der Waals surface area contributed by atoms with Crippen LogP contribution in [0, 0.1) is 17.3 Å². The second-order valence-electron chi connectivity index (χ2n) is 7.66. The molecule has 0 aromatic heterocycles. The first-order valence-electron chi connectivity index (χ1n) is 9.12. The Labute approximate surface area is 145 Å². The van der Waals surface area contributed by atoms with Crippen LogP contribution in [0.4, 0.5) is 0 Å². The number of aliphatic hydroxyl groups excluding tert-OH is 2. The Morgan fingerprint density at radius 2 is 1.21 bits per heavy atom. The number of carbonyl (C=O) groups excluding carboxylic acids is 2. The van der Waals surface area contributed by atoms with Gasteiger partial charge in [0.25, 0.3) is 0 Å². The first-order chi connectivity index (χ1) is 11.3. The van der Waals surface area contributed by atoms with E-state index in [0.29, 0.717) is 12.8 Å². The molecule has 0 spiro atoms. The summed E-state index contributed by atoms with van der Waals surface area (Å²) in [5.74, 6) is -0.423. The van der Waals surface area contributed by atoms with Crippen LogP contribution in [0.15, 0.2) is 0 Å². The van der Waals surface area contributed by atoms with Crippen LogP contribution in [0.3, 0.4) is 0 Å². The van der Waals surface area contributed by atoms with Crippen LogP contribution < -0.4 is 10.6 Å². The first-order valence-corrected chi connectivity index (χ1v) is 9.12. The molecule has 1 aliphatic rings. The summed E-state index contributed by atoms with van der Waals surface area (Å²) in [5.41, 5.74) is -1.09. The van der Waals surface area contributed by atoms with Crippen molar-refractivity contribution in [3.8, 4) is 0 Å². The molecule has 0 heterocycles. The van der Waals surface area contributed by atoms with E-state index in [4.69, 9.17) is 0 Å². The van der Waals surface area contributed by atoms with Crippen molar-refractivity contribution in [2.75, 3.05) is 13.2 Å². The van der Waals surface area contributed by atoms with E-state index < -0.39 is 5.41 Å². The van der Waals surface area contributed by atoms with Crippen molar-refractivity contribution < 1.29 is 19.8 Å². The summed E-state index contributed by atoms with van der Waals surface area (Å²) in [5, 5.41) is 24.7. The smallest absolute Gasteiger partial charge is 0.236 e. The molecule has 1 saturated carbocycles. The predicted octanol–water partition coefficient (Wildman–Crippen LogP) is 1.20. The summed E-state index contributed by atoms with van der Waals surface area (Å²) in [6.07, 6.45) is 3.70. The molecule has 2 amide bonds. The largest absolute Gasteiger partial charge is 0.394 e. The maximum atomic E-state index is 12.9. The number of aliphatic hydroxyl groups is 2. The van der Waals surface area contributed by atoms with E-state index in [1.165, 1.54) is 0 Å². The van der Waals surface area contributed by atoms with Gasteiger partial charge in [0.1, 0.15) is 5.41 Å². The molecule has 0 bridgehead atoms. The van der Waals surface area contributed by atoms with Crippen LogP contribution in [-0.2, 0) is 9.59 Å². The molecule has 1 aliphatic carbocycles. The van der Waals surface area contributed by atoms with Gasteiger partial charge >= 0.3 is 0 Å². The zero-order chi connectivity index (χ0) is 18.3. The van der Waals surface area contributed by atoms with Crippen molar-refractivity contribution in [2.45, 2.75) is 71.9 Å². The Bertz CT molecular complexity index is 385. The molecule has 2 atom stereocenters. The second-order valence-corrected chi connectivity index (χ2v) is 7.66. The molecule has 0 unspecified atom stereocenters. The lowest BCUT2D eigenvalue weighted by atomic mass is 9.72. The second kappa shape index (κ2) is 9.37. The predicted molar refractivity (Wildman–Crippen MR) is 93.2 cm³/mol. The summed E-state index contributed by atoms with van der Waals surface area (Å²) >= 11 is 0. The van der Waals surface area contributed by atoms with Gasteiger partial charge in [0.15, 0.2) is 0 Å². The average molecular weight is 342 g/mol. The van der Waals surface area contributed by atoms with Gasteiger partial charge in [-0.05, 0) is 24.7 Å². The van der Waals surface area contributed by atoms with E-state index in [1.54, 1.807) is 0 Å². The fraction of sp³-hybridized carbons (Fsp3) is 0.889. The number of rotatable bonds is 8. The minimum absolute atomic E-state index is 0.0866. The minimum Gasteiger partial charge on any atom is -0.394 e. The van der Waals surface area contributed by atoms with E-state index >= 15 is 0 Å². The first kappa shape index (κ1) is 20.9. The number of nitrogens with one attached hydrogen (secondary N) is 2. The van der Waals surface area contributed by atoms with Crippen LogP contribution in [0.25, 0.3) is 0 Å². The fourth-order valence-electron chi connectivity index (χ4n) is 3.17. The molecule has 4 N–H and O–H groups in total. The van der Waals surface area contributed by atoms with Gasteiger partial charge in [-0.1, -0.05) is 47.0 Å². The van der Waals surface area contributed by atoms with Crippen molar-refractivity contribution in [1.29, 1.82) is 0 Å². The normalized spacial score (nSPS) is 19.8. The third kappa shape index (κ3) is 4.93. The monoisotopic (exact) mass is 342 g/mol. The van der Waals surface area contributed by atoms with Crippen molar-refractivity contribution in [1.82, 2.24) is 10.6 Å². The van der Waals surface area contributed by atoms with Crippen molar-refractivity contribution in [3.63, 3.8) is 0 Å². The average Bonchev–Trinajstić information content (AvgIpc) is 2.56. The lowest BCUT2D eigenvalue weighted by Crippen LogP contribution is -2.58. The summed E-state index contributed by atoms with van der Waals surface area (Å²) in [7, 11) is 0. The highest BCUT2D eigenvalue weighted by Crippen LogP contribution is 2.37. The zero-order valence-electron chi connectivity index (χ0n) is 15.5. The quantitative estimate of drug-likeness (QED) is 0.498. The van der Waals surface area contributed by atoms with E-state index in [2.05, 4.69) is 10.6 Å². The maximum absolute atomic E-state index is 12.9. The van der Waals surface area contributed by atoms with Crippen LogP contribution in [0.1, 0.15) is 59.8 Å². The van der Waals surface area contributed by atoms with Crippen LogP contribution in [-0.4, -0.2) is 47.3 Å². The summed E-state index contributed by atoms with van der Waals surface area (Å²) in [6, 6.07) is -0.717. The molecule has 6 heteroatoms. The van der Waals surface area contributed by atoms with Gasteiger partial charge in [-0.15, -0.1) is 0 Å². The van der Waals surface area contributed by atoms with Crippen LogP contribution in [0.2, 0.25) is 0 Å². The highest BCUT2D eigenvalue weighted by atomic mass is 16.3. The van der Waals surface area contributed by atoms with Gasteiger partial charge < -0.3 is 20.8 Å². The van der Waals surface area contributed by atoms with Gasteiger partial charge in [0, 0.05) is 0 Å². The molecule has 0 aromatic carbocycles. The SMILES string of the molecule is CC(C)[C@H](CO)NC(=O)C1(C(=O)N[C@@H](CO)C(C)C)CCCCC1. The Hall–Kier alpha value is -1.14. The molecule has 0 saturated heterocycles. The fourth-order valence-corrected chi connectivity index (χ4v) is 3.17. The highest BCUT2D eigenvalue weighted by Gasteiger charge is 2.47. The number of hydrogen-bond donors (Lipinski definition) is 4. The van der Waals surface area contributed by atoms with E-state index in [9.17, 15) is 19.8 Å². The van der Waals surface area contributed by atoms with Crippen molar-refractivity contribution >= 4 is 11.8 Å². The lowest BCUT2D eigenvalue weighted by molar-refractivity contribution is -0.147. The Morgan fingerprint density at radius 3 is 1.50 bits per heavy atom. The topological polar surface area (TPSA) is 98.7 Å². The highest BCUT2D eigenvalue weighted by molar-refractivity contribution is 6.05. The van der Waals surface area contributed by atoms with E-state index in [-0.39, 0.29) is 48.9 Å². The molecule has 0 aliphatic heterocycles. The van der Waals surface area contributed by atoms with Crippen LogP contribution >= 0.6 is 0 Å². The molecule has 140 valence electrons. The Kier molecular flexibility index (Phi) is 8.16. The third-order valence-electron chi connectivity index (χ3n) is 5.21. The minimum atomic E-state index is -1.09. The molecule has 1 rings (SSSR count). The van der Waals surface area contributed by atoms with Gasteiger partial charge in [-0.2, -0.15) is 0 Å². The van der Waals surface area contributed by atoms with Crippen molar-refractivity contribution in [2.24, 2.45) is 17.3 Å². The Morgan fingerprint density at radius 1 is 0.833 bits per heavy atom. The van der Waals surface area contributed by atoms with Crippen LogP contribution in [0.5, 0.6) is 0 Å². The lowest BCUT2D eigenvalue weighted by Gasteiger charge is -2.37. The van der Waals surface area contributed by atoms with Gasteiger partial charge in [-0.25, -0.2) is 0 Å². The molecular formula is C18H34N2O4. The van der Waals surface area contributed by atoms with Gasteiger partial charge in [0.05, 0.1) is 25.3 Å². The summed E-state index contributed by atoms with van der Waals surface area (Å²) in [6.45, 7) is 7.41. The summed E-state index contributed by atoms with van der Waals surface area (Å²) < 4.78 is 0. The molecule has 0 aromatic rings. The third-order valence-corrected chi connectivity index (χ3v) is 5.21. The number of amides is 2. The van der Waals surface area contributed by atoms with Crippen molar-refractivity contribution in [3.05, 3.63) is 0 Å².